The maximum atomic E-state index is 6.20. The molecule has 0 aliphatic heterocycles. The second-order valence-electron chi connectivity index (χ2n) is 6.21. The van der Waals surface area contributed by atoms with Crippen LogP contribution < -0.4 is 14.8 Å². The van der Waals surface area contributed by atoms with Crippen LogP contribution in [-0.4, -0.2) is 19.8 Å². The topological polar surface area (TPSA) is 30.5 Å². The molecule has 21 heavy (non-hydrogen) atoms. The summed E-state index contributed by atoms with van der Waals surface area (Å²) in [5.41, 5.74) is 1.10. The van der Waals surface area contributed by atoms with Crippen molar-refractivity contribution in [1.29, 1.82) is 0 Å². The molecule has 2 aliphatic rings. The Hall–Kier alpha value is -0.930. The lowest BCUT2D eigenvalue weighted by Crippen LogP contribution is -2.17. The molecule has 0 bridgehead atoms. The highest BCUT2D eigenvalue weighted by Gasteiger charge is 2.22. The molecule has 0 amide bonds. The Kier molecular flexibility index (Phi) is 4.91. The molecular formula is C17H24ClNO2. The third-order valence-electron chi connectivity index (χ3n) is 4.41. The zero-order valence-corrected chi connectivity index (χ0v) is 13.4. The molecule has 0 saturated heterocycles. The smallest absolute Gasteiger partial charge is 0.165 e. The number of halogens is 1. The van der Waals surface area contributed by atoms with Gasteiger partial charge in [0.2, 0.25) is 0 Å². The van der Waals surface area contributed by atoms with Gasteiger partial charge in [-0.3, -0.25) is 0 Å². The first-order valence-corrected chi connectivity index (χ1v) is 8.36. The molecule has 0 heterocycles. The van der Waals surface area contributed by atoms with E-state index in [1.54, 1.807) is 7.11 Å². The monoisotopic (exact) mass is 309 g/mol. The molecule has 2 aliphatic carbocycles. The third kappa shape index (κ3) is 4.04. The van der Waals surface area contributed by atoms with E-state index in [1.807, 2.05) is 12.1 Å². The predicted octanol–water partition coefficient (Wildman–Crippen LogP) is 4.17. The Morgan fingerprint density at radius 2 is 1.95 bits per heavy atom. The summed E-state index contributed by atoms with van der Waals surface area (Å²) in [6.45, 7) is 1.58. The molecule has 116 valence electrons. The molecule has 0 aromatic heterocycles. The van der Waals surface area contributed by atoms with Crippen LogP contribution in [0.4, 0.5) is 0 Å². The summed E-state index contributed by atoms with van der Waals surface area (Å²) < 4.78 is 11.6. The fraction of sp³-hybridized carbons (Fsp3) is 0.647. The maximum Gasteiger partial charge on any atom is 0.165 e. The highest BCUT2D eigenvalue weighted by molar-refractivity contribution is 6.30. The zero-order chi connectivity index (χ0) is 14.7. The molecular weight excluding hydrogens is 286 g/mol. The minimum absolute atomic E-state index is 0.664. The van der Waals surface area contributed by atoms with E-state index >= 15 is 0 Å². The van der Waals surface area contributed by atoms with E-state index in [0.29, 0.717) is 17.0 Å². The number of rotatable bonds is 7. The van der Waals surface area contributed by atoms with Crippen molar-refractivity contribution >= 4 is 11.6 Å². The molecule has 1 aromatic carbocycles. The van der Waals surface area contributed by atoms with Gasteiger partial charge in [0, 0.05) is 29.2 Å². The molecule has 4 heteroatoms. The van der Waals surface area contributed by atoms with Gasteiger partial charge in [-0.25, -0.2) is 0 Å². The van der Waals surface area contributed by atoms with Crippen molar-refractivity contribution in [2.45, 2.75) is 51.1 Å². The van der Waals surface area contributed by atoms with E-state index in [2.05, 4.69) is 5.32 Å². The van der Waals surface area contributed by atoms with Gasteiger partial charge < -0.3 is 14.8 Å². The molecule has 1 N–H and O–H groups in total. The van der Waals surface area contributed by atoms with Gasteiger partial charge in [0.1, 0.15) is 0 Å². The van der Waals surface area contributed by atoms with Gasteiger partial charge in [0.25, 0.3) is 0 Å². The van der Waals surface area contributed by atoms with Gasteiger partial charge in [-0.2, -0.15) is 0 Å². The van der Waals surface area contributed by atoms with Crippen molar-refractivity contribution in [2.24, 2.45) is 5.92 Å². The van der Waals surface area contributed by atoms with Crippen LogP contribution in [0.25, 0.3) is 0 Å². The Morgan fingerprint density at radius 1 is 1.19 bits per heavy atom. The van der Waals surface area contributed by atoms with Crippen molar-refractivity contribution in [3.63, 3.8) is 0 Å². The van der Waals surface area contributed by atoms with Gasteiger partial charge >= 0.3 is 0 Å². The van der Waals surface area contributed by atoms with Crippen LogP contribution in [0.1, 0.15) is 44.1 Å². The molecule has 3 rings (SSSR count). The molecule has 2 saturated carbocycles. The van der Waals surface area contributed by atoms with E-state index in [4.69, 9.17) is 21.1 Å². The van der Waals surface area contributed by atoms with Gasteiger partial charge in [-0.05, 0) is 37.7 Å². The van der Waals surface area contributed by atoms with Crippen LogP contribution in [0.2, 0.25) is 5.02 Å². The van der Waals surface area contributed by atoms with Crippen molar-refractivity contribution < 1.29 is 9.47 Å². The van der Waals surface area contributed by atoms with E-state index in [-0.39, 0.29) is 0 Å². The first kappa shape index (κ1) is 15.0. The summed E-state index contributed by atoms with van der Waals surface area (Å²) in [5.74, 6) is 2.30. The SMILES string of the molecule is COc1cc(Cl)cc(CNC2CC2)c1OCC1CCCC1. The standard InChI is InChI=1S/C17H24ClNO2/c1-20-16-9-14(18)8-13(10-19-15-6-7-15)17(16)21-11-12-4-2-3-5-12/h8-9,12,15,19H,2-7,10-11H2,1H3. The second kappa shape index (κ2) is 6.89. The first-order chi connectivity index (χ1) is 10.3. The van der Waals surface area contributed by atoms with Crippen LogP contribution in [-0.2, 0) is 6.54 Å². The number of methoxy groups -OCH3 is 1. The van der Waals surface area contributed by atoms with Crippen molar-refractivity contribution in [2.75, 3.05) is 13.7 Å². The summed E-state index contributed by atoms with van der Waals surface area (Å²) in [6, 6.07) is 4.49. The third-order valence-corrected chi connectivity index (χ3v) is 4.63. The summed E-state index contributed by atoms with van der Waals surface area (Å²) in [4.78, 5) is 0. The quantitative estimate of drug-likeness (QED) is 0.820. The number of ether oxygens (including phenoxy) is 2. The number of hydrogen-bond acceptors (Lipinski definition) is 3. The molecule has 0 atom stereocenters. The van der Waals surface area contributed by atoms with Crippen LogP contribution in [0.5, 0.6) is 11.5 Å². The average Bonchev–Trinajstić information content (AvgIpc) is 3.17. The molecule has 0 radical (unpaired) electrons. The lowest BCUT2D eigenvalue weighted by Gasteiger charge is -2.18. The fourth-order valence-corrected chi connectivity index (χ4v) is 3.22. The molecule has 2 fully saturated rings. The molecule has 0 unspecified atom stereocenters. The molecule has 0 spiro atoms. The summed E-state index contributed by atoms with van der Waals surface area (Å²) in [5, 5.41) is 4.23. The highest BCUT2D eigenvalue weighted by atomic mass is 35.5. The average molecular weight is 310 g/mol. The minimum atomic E-state index is 0.664. The Morgan fingerprint density at radius 3 is 2.62 bits per heavy atom. The van der Waals surface area contributed by atoms with Gasteiger partial charge in [-0.1, -0.05) is 24.4 Å². The summed E-state index contributed by atoms with van der Waals surface area (Å²) in [6.07, 6.45) is 7.78. The van der Waals surface area contributed by atoms with Crippen LogP contribution in [0, 0.1) is 5.92 Å². The lowest BCUT2D eigenvalue weighted by molar-refractivity contribution is 0.238. The van der Waals surface area contributed by atoms with Crippen LogP contribution in [0.15, 0.2) is 12.1 Å². The first-order valence-electron chi connectivity index (χ1n) is 7.99. The Bertz CT molecular complexity index is 482. The predicted molar refractivity (Wildman–Crippen MR) is 85.3 cm³/mol. The van der Waals surface area contributed by atoms with E-state index < -0.39 is 0 Å². The van der Waals surface area contributed by atoms with Crippen LogP contribution >= 0.6 is 11.6 Å². The Balaban J connectivity index is 1.72. The summed E-state index contributed by atoms with van der Waals surface area (Å²) in [7, 11) is 1.67. The van der Waals surface area contributed by atoms with Gasteiger partial charge in [0.05, 0.1) is 13.7 Å². The van der Waals surface area contributed by atoms with Crippen molar-refractivity contribution in [3.8, 4) is 11.5 Å². The van der Waals surface area contributed by atoms with E-state index in [0.717, 1.165) is 30.2 Å². The van der Waals surface area contributed by atoms with Crippen molar-refractivity contribution in [3.05, 3.63) is 22.7 Å². The maximum absolute atomic E-state index is 6.20. The van der Waals surface area contributed by atoms with Gasteiger partial charge in [0.15, 0.2) is 11.5 Å². The number of nitrogens with one attached hydrogen (secondary N) is 1. The normalized spacial score (nSPS) is 19.0. The molecule has 1 aromatic rings. The largest absolute Gasteiger partial charge is 0.493 e. The van der Waals surface area contributed by atoms with E-state index in [1.165, 1.54) is 38.5 Å². The Labute approximate surface area is 132 Å². The van der Waals surface area contributed by atoms with Gasteiger partial charge in [-0.15, -0.1) is 0 Å². The molecule has 3 nitrogen and oxygen atoms in total. The highest BCUT2D eigenvalue weighted by Crippen LogP contribution is 2.36. The van der Waals surface area contributed by atoms with Crippen molar-refractivity contribution in [1.82, 2.24) is 5.32 Å². The minimum Gasteiger partial charge on any atom is -0.493 e. The van der Waals surface area contributed by atoms with Crippen LogP contribution in [0.3, 0.4) is 0 Å². The second-order valence-corrected chi connectivity index (χ2v) is 6.65. The fourth-order valence-electron chi connectivity index (χ4n) is 2.99. The zero-order valence-electron chi connectivity index (χ0n) is 12.7. The summed E-state index contributed by atoms with van der Waals surface area (Å²) >= 11 is 6.20. The van der Waals surface area contributed by atoms with E-state index in [9.17, 15) is 0 Å². The number of benzene rings is 1. The lowest BCUT2D eigenvalue weighted by atomic mass is 10.1. The number of hydrogen-bond donors (Lipinski definition) is 1.